The van der Waals surface area contributed by atoms with Crippen molar-refractivity contribution in [2.24, 2.45) is 5.73 Å². The highest BCUT2D eigenvalue weighted by atomic mass is 32.1. The van der Waals surface area contributed by atoms with Crippen LogP contribution < -0.4 is 5.73 Å². The molecule has 4 aromatic rings. The monoisotopic (exact) mass is 297 g/mol. The van der Waals surface area contributed by atoms with Gasteiger partial charge in [0.1, 0.15) is 5.76 Å². The fraction of sp³-hybridized carbons (Fsp3) is 0.0588. The molecule has 104 valence electrons. The van der Waals surface area contributed by atoms with Crippen LogP contribution >= 0.6 is 11.3 Å². The summed E-state index contributed by atoms with van der Waals surface area (Å²) in [6.07, 6.45) is 0. The van der Waals surface area contributed by atoms with Gasteiger partial charge in [-0.2, -0.15) is 0 Å². The van der Waals surface area contributed by atoms with Crippen LogP contribution in [0, 0.1) is 5.82 Å². The molecule has 2 aromatic heterocycles. The molecule has 1 unspecified atom stereocenters. The van der Waals surface area contributed by atoms with Crippen LogP contribution in [0.25, 0.3) is 21.1 Å². The molecule has 0 radical (unpaired) electrons. The molecule has 0 saturated heterocycles. The van der Waals surface area contributed by atoms with Gasteiger partial charge in [0.25, 0.3) is 0 Å². The Morgan fingerprint density at radius 1 is 1.00 bits per heavy atom. The maximum absolute atomic E-state index is 13.7. The number of hydrogen-bond donors (Lipinski definition) is 1. The summed E-state index contributed by atoms with van der Waals surface area (Å²) in [7, 11) is 0. The SMILES string of the molecule is NC(c1cc2cccc(F)c2o1)c1cc2ccccc2s1. The van der Waals surface area contributed by atoms with Crippen LogP contribution in [0.2, 0.25) is 0 Å². The molecule has 0 bridgehead atoms. The fourth-order valence-electron chi connectivity index (χ4n) is 2.50. The molecule has 0 fully saturated rings. The summed E-state index contributed by atoms with van der Waals surface area (Å²) >= 11 is 1.64. The van der Waals surface area contributed by atoms with Crippen LogP contribution in [-0.4, -0.2) is 0 Å². The molecule has 0 aliphatic heterocycles. The number of halogens is 1. The number of thiophene rings is 1. The van der Waals surface area contributed by atoms with Crippen molar-refractivity contribution in [1.82, 2.24) is 0 Å². The van der Waals surface area contributed by atoms with Crippen molar-refractivity contribution < 1.29 is 8.81 Å². The normalized spacial score (nSPS) is 13.0. The van der Waals surface area contributed by atoms with E-state index in [0.717, 1.165) is 15.6 Å². The van der Waals surface area contributed by atoms with Gasteiger partial charge in [0.05, 0.1) is 6.04 Å². The molecule has 0 spiro atoms. The first kappa shape index (κ1) is 12.6. The number of rotatable bonds is 2. The molecule has 4 rings (SSSR count). The second-order valence-electron chi connectivity index (χ2n) is 4.97. The predicted octanol–water partition coefficient (Wildman–Crippen LogP) is 4.83. The average Bonchev–Trinajstić information content (AvgIpc) is 3.11. The fourth-order valence-corrected chi connectivity index (χ4v) is 3.57. The van der Waals surface area contributed by atoms with E-state index in [-0.39, 0.29) is 17.4 Å². The van der Waals surface area contributed by atoms with Crippen molar-refractivity contribution in [1.29, 1.82) is 0 Å². The molecular weight excluding hydrogens is 285 g/mol. The van der Waals surface area contributed by atoms with Gasteiger partial charge in [0, 0.05) is 15.0 Å². The average molecular weight is 297 g/mol. The first-order valence-electron chi connectivity index (χ1n) is 6.64. The second-order valence-corrected chi connectivity index (χ2v) is 6.09. The van der Waals surface area contributed by atoms with E-state index < -0.39 is 0 Å². The smallest absolute Gasteiger partial charge is 0.169 e. The van der Waals surface area contributed by atoms with Gasteiger partial charge in [-0.3, -0.25) is 0 Å². The molecule has 0 saturated carbocycles. The minimum Gasteiger partial charge on any atom is -0.456 e. The Hall–Kier alpha value is -2.17. The summed E-state index contributed by atoms with van der Waals surface area (Å²) < 4.78 is 20.5. The molecule has 2 N–H and O–H groups in total. The van der Waals surface area contributed by atoms with Crippen molar-refractivity contribution in [2.45, 2.75) is 6.04 Å². The molecule has 0 aliphatic carbocycles. The lowest BCUT2D eigenvalue weighted by Gasteiger charge is -2.04. The zero-order chi connectivity index (χ0) is 14.4. The third kappa shape index (κ3) is 2.04. The zero-order valence-electron chi connectivity index (χ0n) is 11.0. The van der Waals surface area contributed by atoms with Gasteiger partial charge in [-0.15, -0.1) is 11.3 Å². The molecule has 2 aromatic carbocycles. The van der Waals surface area contributed by atoms with Crippen LogP contribution in [-0.2, 0) is 0 Å². The van der Waals surface area contributed by atoms with Gasteiger partial charge in [0.2, 0.25) is 0 Å². The lowest BCUT2D eigenvalue weighted by molar-refractivity contribution is 0.504. The van der Waals surface area contributed by atoms with Gasteiger partial charge in [-0.1, -0.05) is 30.3 Å². The maximum atomic E-state index is 13.7. The van der Waals surface area contributed by atoms with Crippen LogP contribution in [0.5, 0.6) is 0 Å². The number of benzene rings is 2. The highest BCUT2D eigenvalue weighted by molar-refractivity contribution is 7.19. The molecule has 1 atom stereocenters. The van der Waals surface area contributed by atoms with Gasteiger partial charge in [-0.25, -0.2) is 4.39 Å². The highest BCUT2D eigenvalue weighted by Gasteiger charge is 2.18. The highest BCUT2D eigenvalue weighted by Crippen LogP contribution is 2.34. The second kappa shape index (κ2) is 4.69. The summed E-state index contributed by atoms with van der Waals surface area (Å²) in [5, 5.41) is 1.90. The van der Waals surface area contributed by atoms with E-state index in [0.29, 0.717) is 5.76 Å². The number of fused-ring (bicyclic) bond motifs is 2. The van der Waals surface area contributed by atoms with E-state index in [1.54, 1.807) is 17.4 Å². The third-order valence-electron chi connectivity index (χ3n) is 3.57. The van der Waals surface area contributed by atoms with Crippen molar-refractivity contribution in [3.63, 3.8) is 0 Å². The Labute approximate surface area is 124 Å². The number of hydrogen-bond acceptors (Lipinski definition) is 3. The first-order valence-corrected chi connectivity index (χ1v) is 7.46. The lowest BCUT2D eigenvalue weighted by Crippen LogP contribution is -2.08. The largest absolute Gasteiger partial charge is 0.456 e. The van der Waals surface area contributed by atoms with Crippen LogP contribution in [0.3, 0.4) is 0 Å². The first-order chi connectivity index (χ1) is 10.2. The number of para-hydroxylation sites is 1. The summed E-state index contributed by atoms with van der Waals surface area (Å²) in [6, 6.07) is 16.5. The van der Waals surface area contributed by atoms with Crippen molar-refractivity contribution in [2.75, 3.05) is 0 Å². The van der Waals surface area contributed by atoms with E-state index in [1.807, 2.05) is 24.3 Å². The van der Waals surface area contributed by atoms with Crippen molar-refractivity contribution >= 4 is 32.4 Å². The van der Waals surface area contributed by atoms with E-state index in [1.165, 1.54) is 10.8 Å². The topological polar surface area (TPSA) is 39.2 Å². The van der Waals surface area contributed by atoms with Crippen LogP contribution in [0.15, 0.2) is 59.0 Å². The van der Waals surface area contributed by atoms with Gasteiger partial charge in [-0.05, 0) is 29.7 Å². The minimum atomic E-state index is -0.380. The number of furan rings is 1. The molecule has 0 amide bonds. The lowest BCUT2D eigenvalue weighted by atomic mass is 10.1. The summed E-state index contributed by atoms with van der Waals surface area (Å²) in [5.41, 5.74) is 6.56. The Kier molecular flexibility index (Phi) is 2.80. The Balaban J connectivity index is 1.81. The van der Waals surface area contributed by atoms with E-state index in [2.05, 4.69) is 18.2 Å². The van der Waals surface area contributed by atoms with Crippen LogP contribution in [0.4, 0.5) is 4.39 Å². The summed E-state index contributed by atoms with van der Waals surface area (Å²) in [5.74, 6) is 0.226. The Morgan fingerprint density at radius 2 is 1.81 bits per heavy atom. The van der Waals surface area contributed by atoms with Gasteiger partial charge >= 0.3 is 0 Å². The molecule has 2 heterocycles. The minimum absolute atomic E-state index is 0.268. The zero-order valence-corrected chi connectivity index (χ0v) is 11.9. The van der Waals surface area contributed by atoms with E-state index in [9.17, 15) is 4.39 Å². The summed E-state index contributed by atoms with van der Waals surface area (Å²) in [4.78, 5) is 1.01. The molecular formula is C17H12FNOS. The van der Waals surface area contributed by atoms with E-state index in [4.69, 9.17) is 10.2 Å². The van der Waals surface area contributed by atoms with Gasteiger partial charge < -0.3 is 10.2 Å². The van der Waals surface area contributed by atoms with Crippen LogP contribution in [0.1, 0.15) is 16.7 Å². The Morgan fingerprint density at radius 3 is 2.62 bits per heavy atom. The summed E-state index contributed by atoms with van der Waals surface area (Å²) in [6.45, 7) is 0. The Bertz CT molecular complexity index is 907. The van der Waals surface area contributed by atoms with E-state index >= 15 is 0 Å². The standard InChI is InChI=1S/C17H12FNOS/c18-12-6-3-5-11-8-13(20-17(11)12)16(19)15-9-10-4-1-2-7-14(10)21-15/h1-9,16H,19H2. The molecule has 0 aliphatic rings. The number of nitrogens with two attached hydrogens (primary N) is 1. The predicted molar refractivity (Wildman–Crippen MR) is 84.0 cm³/mol. The molecule has 4 heteroatoms. The van der Waals surface area contributed by atoms with Gasteiger partial charge in [0.15, 0.2) is 11.4 Å². The maximum Gasteiger partial charge on any atom is 0.169 e. The molecule has 21 heavy (non-hydrogen) atoms. The molecule has 2 nitrogen and oxygen atoms in total. The quantitative estimate of drug-likeness (QED) is 0.575. The van der Waals surface area contributed by atoms with Crippen molar-refractivity contribution in [3.05, 3.63) is 71.1 Å². The van der Waals surface area contributed by atoms with Crippen molar-refractivity contribution in [3.8, 4) is 0 Å². The third-order valence-corrected chi connectivity index (χ3v) is 4.77.